The highest BCUT2D eigenvalue weighted by atomic mass is 32.2. The number of carbonyl (C=O) groups is 5. The second kappa shape index (κ2) is 24.0. The highest BCUT2D eigenvalue weighted by molar-refractivity contribution is 7.88. The van der Waals surface area contributed by atoms with Crippen molar-refractivity contribution in [3.63, 3.8) is 0 Å². The van der Waals surface area contributed by atoms with Crippen molar-refractivity contribution in [2.45, 2.75) is 108 Å². The molecule has 0 spiro atoms. The van der Waals surface area contributed by atoms with Crippen molar-refractivity contribution in [3.8, 4) is 34.0 Å². The number of carboxylic acid groups (broad SMARTS) is 1. The molecule has 460 valence electrons. The number of hydrogen-bond acceptors (Lipinski definition) is 12. The zero-order chi connectivity index (χ0) is 61.9. The lowest BCUT2D eigenvalue weighted by molar-refractivity contribution is -0.146. The average molecular weight is 1230 g/mol. The molecule has 4 N–H and O–H groups in total. The highest BCUT2D eigenvalue weighted by Gasteiger charge is 2.50. The molecule has 6 aromatic rings. The molecule has 3 saturated carbocycles. The van der Waals surface area contributed by atoms with Crippen LogP contribution in [-0.4, -0.2) is 158 Å². The van der Waals surface area contributed by atoms with Gasteiger partial charge in [0.1, 0.15) is 17.1 Å². The minimum absolute atomic E-state index is 0.103. The SMILES string of the molecule is COc1ccc2c(c1)C=C(C(=O)N1CCN(C(=O)C3(O)CC3)CC1)Cn1c-2c(C2CCCCC2)c2ccc(C(=O)NS(=O)(=O)N(C)C)cc21.COc1ccc2c(c1)C=C(C(=O)O)Cn1c-2c(C2CCCCC2)c2ccc(C(=O)NS(=O)(=O)N(C)C)cc21. The van der Waals surface area contributed by atoms with Gasteiger partial charge in [0, 0.05) is 104 Å². The number of methoxy groups -OCH3 is 2. The summed E-state index contributed by atoms with van der Waals surface area (Å²) in [5.74, 6) is -1.05. The number of nitrogens with zero attached hydrogens (tertiary/aromatic N) is 6. The van der Waals surface area contributed by atoms with Crippen LogP contribution in [0.4, 0.5) is 0 Å². The fraction of sp³-hybridized carbons (Fsp3) is 0.422. The van der Waals surface area contributed by atoms with Crippen molar-refractivity contribution in [1.29, 1.82) is 0 Å². The van der Waals surface area contributed by atoms with Gasteiger partial charge in [-0.2, -0.15) is 25.4 Å². The molecule has 0 radical (unpaired) electrons. The van der Waals surface area contributed by atoms with Gasteiger partial charge in [-0.25, -0.2) is 14.2 Å². The molecule has 3 aliphatic heterocycles. The maximum absolute atomic E-state index is 14.3. The Labute approximate surface area is 506 Å². The predicted octanol–water partition coefficient (Wildman–Crippen LogP) is 7.88. The van der Waals surface area contributed by atoms with Crippen molar-refractivity contribution in [2.75, 3.05) is 68.6 Å². The predicted molar refractivity (Wildman–Crippen MR) is 331 cm³/mol. The summed E-state index contributed by atoms with van der Waals surface area (Å²) in [5.41, 5.74) is 9.06. The van der Waals surface area contributed by atoms with Crippen molar-refractivity contribution < 1.29 is 60.5 Å². The van der Waals surface area contributed by atoms with Crippen LogP contribution in [0.25, 0.3) is 56.5 Å². The molecular formula is C64H74N8O13S2. The fourth-order valence-electron chi connectivity index (χ4n) is 13.1. The fourth-order valence-corrected chi connectivity index (χ4v) is 14.2. The second-order valence-corrected chi connectivity index (χ2v) is 27.7. The quantitative estimate of drug-likeness (QED) is 0.0859. The van der Waals surface area contributed by atoms with E-state index in [2.05, 4.69) is 14.0 Å². The number of aliphatic carboxylic acids is 1. The van der Waals surface area contributed by atoms with Crippen LogP contribution in [0.5, 0.6) is 11.5 Å². The van der Waals surface area contributed by atoms with E-state index in [0.29, 0.717) is 61.6 Å². The third-order valence-electron chi connectivity index (χ3n) is 18.0. The zero-order valence-electron chi connectivity index (χ0n) is 49.9. The van der Waals surface area contributed by atoms with Crippen LogP contribution in [0.15, 0.2) is 83.9 Å². The Morgan fingerprint density at radius 2 is 0.977 bits per heavy atom. The lowest BCUT2D eigenvalue weighted by atomic mass is 9.81. The van der Waals surface area contributed by atoms with Gasteiger partial charge in [-0.3, -0.25) is 19.2 Å². The first kappa shape index (κ1) is 60.8. The van der Waals surface area contributed by atoms with Gasteiger partial charge in [-0.05, 0) is 145 Å². The summed E-state index contributed by atoms with van der Waals surface area (Å²) in [6.45, 7) is 1.73. The standard InChI is InChI=1S/C36H43N5O7S.C28H31N3O6S/c1-38(2)49(46,47)37-33(42)24-9-11-29-30(21-24)41-22-26(34(43)39-15-17-40(18-16-39)35(44)36(45)13-14-36)19-25-20-27(48-3)10-12-28(25)32(41)31(29)23-7-5-4-6-8-23;1-30(2)38(35,36)29-27(32)18-9-11-23-24(15-18)31-16-20(28(33)34)13-19-14-21(37-3)10-12-22(19)26(31)25(23)17-7-5-4-6-8-17/h9-12,19-21,23,45H,4-8,13-18,22H2,1-3H3,(H,37,42);9-15,17H,4-8,16H2,1-3H3,(H,29,32)(H,33,34). The van der Waals surface area contributed by atoms with Gasteiger partial charge in [0.15, 0.2) is 0 Å². The summed E-state index contributed by atoms with van der Waals surface area (Å²) < 4.78 is 70.8. The Morgan fingerprint density at radius 3 is 1.38 bits per heavy atom. The van der Waals surface area contributed by atoms with E-state index < -0.39 is 43.8 Å². The van der Waals surface area contributed by atoms with E-state index in [-0.39, 0.29) is 53.4 Å². The van der Waals surface area contributed by atoms with Crippen LogP contribution in [0.3, 0.4) is 0 Å². The Hall–Kier alpha value is -7.83. The maximum Gasteiger partial charge on any atom is 0.333 e. The molecule has 0 atom stereocenters. The number of piperazine rings is 1. The van der Waals surface area contributed by atoms with E-state index in [1.54, 1.807) is 54.4 Å². The first-order valence-corrected chi connectivity index (χ1v) is 32.5. The Bertz CT molecular complexity index is 4080. The molecule has 4 fully saturated rings. The minimum Gasteiger partial charge on any atom is -0.497 e. The molecule has 2 aromatic heterocycles. The molecule has 5 heterocycles. The number of aromatic nitrogens is 2. The minimum atomic E-state index is -4.01. The molecule has 4 aromatic carbocycles. The Morgan fingerprint density at radius 1 is 0.563 bits per heavy atom. The largest absolute Gasteiger partial charge is 0.497 e. The number of benzene rings is 4. The van der Waals surface area contributed by atoms with Crippen LogP contribution in [0, 0.1) is 0 Å². The first-order chi connectivity index (χ1) is 41.5. The van der Waals surface area contributed by atoms with Gasteiger partial charge in [-0.1, -0.05) is 50.7 Å². The lowest BCUT2D eigenvalue weighted by Crippen LogP contribution is -2.53. The van der Waals surface area contributed by atoms with Crippen molar-refractivity contribution >= 4 is 84.0 Å². The monoisotopic (exact) mass is 1230 g/mol. The van der Waals surface area contributed by atoms with E-state index in [1.807, 2.05) is 59.2 Å². The normalized spacial score (nSPS) is 17.8. The summed E-state index contributed by atoms with van der Waals surface area (Å²) in [6, 6.07) is 22.1. The van der Waals surface area contributed by atoms with Gasteiger partial charge in [0.25, 0.3) is 23.6 Å². The summed E-state index contributed by atoms with van der Waals surface area (Å²) >= 11 is 0. The number of carbonyl (C=O) groups excluding carboxylic acids is 4. The van der Waals surface area contributed by atoms with Crippen LogP contribution in [-0.2, 0) is 47.9 Å². The first-order valence-electron chi connectivity index (χ1n) is 29.6. The number of amides is 4. The number of fused-ring (bicyclic) bond motifs is 10. The Kier molecular flexibility index (Phi) is 16.8. The van der Waals surface area contributed by atoms with E-state index >= 15 is 0 Å². The van der Waals surface area contributed by atoms with Crippen molar-refractivity contribution in [2.24, 2.45) is 0 Å². The number of ether oxygens (including phenoxy) is 2. The van der Waals surface area contributed by atoms with E-state index in [9.17, 15) is 51.0 Å². The topological polar surface area (TPSA) is 259 Å². The second-order valence-electron chi connectivity index (χ2n) is 23.9. The lowest BCUT2D eigenvalue weighted by Gasteiger charge is -2.36. The molecule has 0 unspecified atom stereocenters. The molecule has 87 heavy (non-hydrogen) atoms. The molecule has 6 aliphatic rings. The number of nitrogens with one attached hydrogen (secondary N) is 2. The maximum atomic E-state index is 14.3. The van der Waals surface area contributed by atoms with Gasteiger partial charge in [0.2, 0.25) is 0 Å². The molecular weight excluding hydrogens is 1150 g/mol. The highest BCUT2D eigenvalue weighted by Crippen LogP contribution is 2.49. The molecule has 1 saturated heterocycles. The number of hydrogen-bond donors (Lipinski definition) is 4. The molecule has 4 amide bonds. The molecule has 21 nitrogen and oxygen atoms in total. The van der Waals surface area contributed by atoms with Gasteiger partial charge >= 0.3 is 26.4 Å². The van der Waals surface area contributed by atoms with Gasteiger partial charge < -0.3 is 38.6 Å². The summed E-state index contributed by atoms with van der Waals surface area (Å²) in [4.78, 5) is 69.0. The number of rotatable bonds is 13. The molecule has 12 rings (SSSR count). The molecule has 3 aliphatic carbocycles. The summed E-state index contributed by atoms with van der Waals surface area (Å²) in [5, 5.41) is 22.3. The zero-order valence-corrected chi connectivity index (χ0v) is 51.5. The van der Waals surface area contributed by atoms with Crippen molar-refractivity contribution in [1.82, 2.24) is 37.0 Å². The summed E-state index contributed by atoms with van der Waals surface area (Å²) in [7, 11) is 0.599. The van der Waals surface area contributed by atoms with Gasteiger partial charge in [0.05, 0.1) is 44.3 Å². The van der Waals surface area contributed by atoms with Crippen LogP contribution >= 0.6 is 0 Å². The van der Waals surface area contributed by atoms with Crippen LogP contribution in [0.2, 0.25) is 0 Å². The van der Waals surface area contributed by atoms with E-state index in [4.69, 9.17) is 9.47 Å². The van der Waals surface area contributed by atoms with Gasteiger partial charge in [-0.15, -0.1) is 0 Å². The van der Waals surface area contributed by atoms with E-state index in [1.165, 1.54) is 46.6 Å². The number of carboxylic acids is 1. The third kappa shape index (κ3) is 11.9. The smallest absolute Gasteiger partial charge is 0.333 e. The number of aliphatic hydroxyl groups is 1. The third-order valence-corrected chi connectivity index (χ3v) is 20.8. The van der Waals surface area contributed by atoms with Crippen molar-refractivity contribution in [3.05, 3.63) is 117 Å². The average Bonchev–Trinajstić information content (AvgIpc) is 1.75. The van der Waals surface area contributed by atoms with Crippen LogP contribution in [0.1, 0.15) is 132 Å². The molecule has 23 heteroatoms. The van der Waals surface area contributed by atoms with E-state index in [0.717, 1.165) is 115 Å². The van der Waals surface area contributed by atoms with Crippen LogP contribution < -0.4 is 18.9 Å². The molecule has 0 bridgehead atoms. The summed E-state index contributed by atoms with van der Waals surface area (Å²) in [6.07, 6.45) is 15.5. The Balaban J connectivity index is 0.000000186.